The number of aryl methyl sites for hydroxylation is 1. The summed E-state index contributed by atoms with van der Waals surface area (Å²) in [7, 11) is 0. The SMILES string of the molecule is CCc1ccc(CC(=O)c2cc(OC(F)(F)C(F)OC(F)(F)C(F)(OC(F)(F)C(F)(F)C(F)(F)F)C(F)(F)F)cc(C(C)=O)c2)cc1. The minimum Gasteiger partial charge on any atom is -0.428 e. The van der Waals surface area contributed by atoms with Crippen LogP contribution in [0.25, 0.3) is 0 Å². The molecule has 21 heteroatoms. The molecule has 264 valence electrons. The van der Waals surface area contributed by atoms with Gasteiger partial charge in [0.05, 0.1) is 0 Å². The quantitative estimate of drug-likeness (QED) is 0.145. The van der Waals surface area contributed by atoms with Crippen molar-refractivity contribution in [2.24, 2.45) is 0 Å². The zero-order valence-corrected chi connectivity index (χ0v) is 23.1. The Morgan fingerprint density at radius 3 is 1.64 bits per heavy atom. The summed E-state index contributed by atoms with van der Waals surface area (Å²) in [6.07, 6.45) is -42.0. The van der Waals surface area contributed by atoms with Crippen molar-refractivity contribution in [2.75, 3.05) is 0 Å². The van der Waals surface area contributed by atoms with Crippen molar-refractivity contribution in [2.45, 2.75) is 75.5 Å². The monoisotopic (exact) mass is 714 g/mol. The molecule has 0 aliphatic rings. The van der Waals surface area contributed by atoms with Crippen LogP contribution in [-0.4, -0.2) is 60.4 Å². The summed E-state index contributed by atoms with van der Waals surface area (Å²) in [4.78, 5) is 24.6. The summed E-state index contributed by atoms with van der Waals surface area (Å²) in [6.45, 7) is 2.63. The molecule has 2 aromatic carbocycles. The molecule has 0 radical (unpaired) electrons. The second kappa shape index (κ2) is 13.1. The first-order valence-electron chi connectivity index (χ1n) is 12.3. The maximum Gasteiger partial charge on any atom is 0.462 e. The highest BCUT2D eigenvalue weighted by molar-refractivity contribution is 6.02. The second-order valence-corrected chi connectivity index (χ2v) is 9.47. The molecule has 0 saturated heterocycles. The molecule has 0 saturated carbocycles. The molecule has 0 bridgehead atoms. The van der Waals surface area contributed by atoms with Gasteiger partial charge in [0.2, 0.25) is 0 Å². The average Bonchev–Trinajstić information content (AvgIpc) is 2.91. The zero-order valence-electron chi connectivity index (χ0n) is 23.1. The van der Waals surface area contributed by atoms with Gasteiger partial charge in [-0.05, 0) is 42.7 Å². The number of alkyl halides is 16. The fraction of sp³-hybridized carbons (Fsp3) is 0.462. The number of Topliss-reactive ketones (excluding diaryl/α,β-unsaturated/α-hetero) is 2. The molecular weight excluding hydrogens is 696 g/mol. The first-order chi connectivity index (χ1) is 21.0. The van der Waals surface area contributed by atoms with E-state index in [9.17, 15) is 79.8 Å². The molecule has 0 heterocycles. The van der Waals surface area contributed by atoms with Crippen LogP contribution in [0.1, 0.15) is 45.7 Å². The van der Waals surface area contributed by atoms with Gasteiger partial charge in [-0.3, -0.25) is 19.1 Å². The van der Waals surface area contributed by atoms with Gasteiger partial charge in [0.25, 0.3) is 0 Å². The Morgan fingerprint density at radius 2 is 1.19 bits per heavy atom. The fourth-order valence-corrected chi connectivity index (χ4v) is 3.37. The smallest absolute Gasteiger partial charge is 0.428 e. The van der Waals surface area contributed by atoms with Crippen LogP contribution in [0.2, 0.25) is 0 Å². The van der Waals surface area contributed by atoms with Crippen LogP contribution in [0.3, 0.4) is 0 Å². The molecule has 2 unspecified atom stereocenters. The predicted octanol–water partition coefficient (Wildman–Crippen LogP) is 8.79. The third-order valence-corrected chi connectivity index (χ3v) is 5.93. The van der Waals surface area contributed by atoms with Crippen molar-refractivity contribution in [1.82, 2.24) is 0 Å². The number of hydrogen-bond acceptors (Lipinski definition) is 5. The Morgan fingerprint density at radius 1 is 0.702 bits per heavy atom. The van der Waals surface area contributed by atoms with E-state index in [1.807, 2.05) is 6.92 Å². The fourth-order valence-electron chi connectivity index (χ4n) is 3.37. The van der Waals surface area contributed by atoms with Gasteiger partial charge < -0.3 is 4.74 Å². The van der Waals surface area contributed by atoms with Crippen LogP contribution in [0.15, 0.2) is 42.5 Å². The van der Waals surface area contributed by atoms with E-state index >= 15 is 0 Å². The number of carbonyl (C=O) groups is 2. The van der Waals surface area contributed by atoms with E-state index in [4.69, 9.17) is 0 Å². The Labute approximate surface area is 252 Å². The Kier molecular flexibility index (Phi) is 11.0. The van der Waals surface area contributed by atoms with Gasteiger partial charge in [0.1, 0.15) is 5.75 Å². The zero-order chi connectivity index (χ0) is 36.6. The van der Waals surface area contributed by atoms with E-state index in [2.05, 4.69) is 9.47 Å². The van der Waals surface area contributed by atoms with Gasteiger partial charge >= 0.3 is 48.8 Å². The number of rotatable bonds is 14. The number of hydrogen-bond donors (Lipinski definition) is 0. The lowest BCUT2D eigenvalue weighted by atomic mass is 9.99. The maximum atomic E-state index is 14.4. The Balaban J connectivity index is 2.42. The highest BCUT2D eigenvalue weighted by Gasteiger charge is 2.84. The molecule has 0 aliphatic heterocycles. The van der Waals surface area contributed by atoms with Gasteiger partial charge in [-0.15, -0.1) is 0 Å². The normalized spacial score (nSPS) is 15.6. The van der Waals surface area contributed by atoms with Crippen molar-refractivity contribution in [3.8, 4) is 5.75 Å². The number of carbonyl (C=O) groups excluding carboxylic acids is 2. The summed E-state index contributed by atoms with van der Waals surface area (Å²) < 4.78 is 221. The Bertz CT molecular complexity index is 1440. The minimum atomic E-state index is -7.85. The van der Waals surface area contributed by atoms with E-state index in [1.165, 1.54) is 16.9 Å². The maximum absolute atomic E-state index is 14.4. The lowest BCUT2D eigenvalue weighted by Crippen LogP contribution is -2.66. The van der Waals surface area contributed by atoms with Crippen LogP contribution in [0, 0.1) is 0 Å². The summed E-state index contributed by atoms with van der Waals surface area (Å²) in [5.41, 5.74) is -0.0182. The van der Waals surface area contributed by atoms with Gasteiger partial charge in [0, 0.05) is 17.5 Å². The average molecular weight is 714 g/mol. The largest absolute Gasteiger partial charge is 0.462 e. The first-order valence-corrected chi connectivity index (χ1v) is 12.3. The van der Waals surface area contributed by atoms with Crippen LogP contribution in [0.4, 0.5) is 70.2 Å². The third kappa shape index (κ3) is 8.46. The standard InChI is InChI=1S/C26H18F16O5/c1-3-13-4-6-14(7-5-13)8-18(44)16-9-15(12(2)43)10-17(11-16)45-20(28,29)19(27)46-26(41,42)22(32,24(36,37)38)47-25(39,40)21(30,31)23(33,34)35/h4-7,9-11,19H,3,8H2,1-2H3. The molecule has 2 aromatic rings. The molecule has 0 amide bonds. The third-order valence-electron chi connectivity index (χ3n) is 5.93. The van der Waals surface area contributed by atoms with E-state index in [-0.39, 0.29) is 0 Å². The van der Waals surface area contributed by atoms with Crippen LogP contribution < -0.4 is 4.74 Å². The highest BCUT2D eigenvalue weighted by atomic mass is 19.4. The van der Waals surface area contributed by atoms with Gasteiger partial charge in [-0.25, -0.2) is 4.39 Å². The van der Waals surface area contributed by atoms with Crippen LogP contribution >= 0.6 is 0 Å². The summed E-state index contributed by atoms with van der Waals surface area (Å²) in [6, 6.07) is 7.77. The first kappa shape index (κ1) is 39.6. The van der Waals surface area contributed by atoms with Crippen molar-refractivity contribution >= 4 is 11.6 Å². The van der Waals surface area contributed by atoms with Gasteiger partial charge in [0.15, 0.2) is 11.6 Å². The predicted molar refractivity (Wildman–Crippen MR) is 124 cm³/mol. The lowest BCUT2D eigenvalue weighted by molar-refractivity contribution is -0.543. The van der Waals surface area contributed by atoms with E-state index in [0.717, 1.165) is 18.6 Å². The van der Waals surface area contributed by atoms with Crippen LogP contribution in [0.5, 0.6) is 5.75 Å². The number of ether oxygens (including phenoxy) is 3. The molecule has 0 N–H and O–H groups in total. The molecule has 0 aromatic heterocycles. The van der Waals surface area contributed by atoms with Crippen molar-refractivity contribution in [1.29, 1.82) is 0 Å². The molecule has 47 heavy (non-hydrogen) atoms. The Hall–Kier alpha value is -3.62. The summed E-state index contributed by atoms with van der Waals surface area (Å²) in [5, 5.41) is 0. The van der Waals surface area contributed by atoms with Crippen LogP contribution in [-0.2, 0) is 22.3 Å². The summed E-state index contributed by atoms with van der Waals surface area (Å²) in [5.74, 6) is -19.0. The molecule has 0 aliphatic carbocycles. The molecule has 2 rings (SSSR count). The molecular formula is C26H18F16O5. The van der Waals surface area contributed by atoms with Crippen molar-refractivity contribution in [3.05, 3.63) is 64.7 Å². The molecule has 0 spiro atoms. The summed E-state index contributed by atoms with van der Waals surface area (Å²) >= 11 is 0. The van der Waals surface area contributed by atoms with Gasteiger partial charge in [-0.2, -0.15) is 65.9 Å². The minimum absolute atomic E-state index is 0.339. The van der Waals surface area contributed by atoms with Crippen molar-refractivity contribution < 1.29 is 94.0 Å². The van der Waals surface area contributed by atoms with E-state index in [1.54, 1.807) is 12.1 Å². The molecule has 2 atom stereocenters. The lowest BCUT2D eigenvalue weighted by Gasteiger charge is -2.38. The van der Waals surface area contributed by atoms with E-state index < -0.39 is 83.7 Å². The van der Waals surface area contributed by atoms with E-state index in [0.29, 0.717) is 24.1 Å². The number of benzene rings is 2. The van der Waals surface area contributed by atoms with Gasteiger partial charge in [-0.1, -0.05) is 31.2 Å². The number of halogens is 16. The molecule has 0 fully saturated rings. The number of ketones is 2. The second-order valence-electron chi connectivity index (χ2n) is 9.47. The van der Waals surface area contributed by atoms with Crippen molar-refractivity contribution in [3.63, 3.8) is 0 Å². The topological polar surface area (TPSA) is 61.8 Å². The molecule has 5 nitrogen and oxygen atoms in total. The highest BCUT2D eigenvalue weighted by Crippen LogP contribution is 2.55.